The molecule has 2 aromatic carbocycles. The molecule has 2 aromatic rings. The Balaban J connectivity index is 2.08. The molecular weight excluding hydrogens is 256 g/mol. The van der Waals surface area contributed by atoms with Gasteiger partial charge in [-0.2, -0.15) is 0 Å². The van der Waals surface area contributed by atoms with Crippen LogP contribution in [0.2, 0.25) is 0 Å². The van der Waals surface area contributed by atoms with Crippen molar-refractivity contribution in [3.63, 3.8) is 0 Å². The Labute approximate surface area is 128 Å². The van der Waals surface area contributed by atoms with E-state index < -0.39 is 0 Å². The number of likely N-dealkylation sites (tertiary alicyclic amines) is 1. The summed E-state index contributed by atoms with van der Waals surface area (Å²) in [6, 6.07) is 16.7. The Kier molecular flexibility index (Phi) is 4.27. The first-order valence-electron chi connectivity index (χ1n) is 8.10. The van der Waals surface area contributed by atoms with Crippen molar-refractivity contribution in [2.24, 2.45) is 5.92 Å². The molecule has 0 aromatic heterocycles. The summed E-state index contributed by atoms with van der Waals surface area (Å²) >= 11 is 0. The van der Waals surface area contributed by atoms with E-state index in [4.69, 9.17) is 0 Å². The van der Waals surface area contributed by atoms with Crippen LogP contribution in [0.5, 0.6) is 0 Å². The van der Waals surface area contributed by atoms with Crippen molar-refractivity contribution in [2.45, 2.75) is 32.4 Å². The topological polar surface area (TPSA) is 15.3 Å². The van der Waals surface area contributed by atoms with E-state index in [-0.39, 0.29) is 0 Å². The van der Waals surface area contributed by atoms with Crippen LogP contribution in [0.15, 0.2) is 42.5 Å². The summed E-state index contributed by atoms with van der Waals surface area (Å²) in [5, 5.41) is 6.16. The van der Waals surface area contributed by atoms with Gasteiger partial charge in [-0.05, 0) is 62.7 Å². The molecule has 0 bridgehead atoms. The van der Waals surface area contributed by atoms with E-state index in [1.807, 2.05) is 0 Å². The van der Waals surface area contributed by atoms with Gasteiger partial charge in [-0.15, -0.1) is 0 Å². The molecule has 0 aliphatic carbocycles. The molecule has 1 fully saturated rings. The second-order valence-electron chi connectivity index (χ2n) is 6.45. The molecule has 21 heavy (non-hydrogen) atoms. The standard InChI is InChI=1S/C19H26N2/c1-14(2)21-12-11-16(13-20-3)19(21)18-10-6-8-15-7-4-5-9-17(15)18/h4-10,14,16,19-20H,11-13H2,1-3H3. The molecule has 2 unspecified atom stereocenters. The van der Waals surface area contributed by atoms with E-state index in [0.717, 1.165) is 6.54 Å². The lowest BCUT2D eigenvalue weighted by Crippen LogP contribution is -2.34. The van der Waals surface area contributed by atoms with Gasteiger partial charge in [0.2, 0.25) is 0 Å². The largest absolute Gasteiger partial charge is 0.319 e. The first kappa shape index (κ1) is 14.6. The number of hydrogen-bond acceptors (Lipinski definition) is 2. The molecule has 0 amide bonds. The number of nitrogens with zero attached hydrogens (tertiary/aromatic N) is 1. The van der Waals surface area contributed by atoms with E-state index in [9.17, 15) is 0 Å². The molecule has 2 atom stereocenters. The maximum absolute atomic E-state index is 3.39. The number of nitrogens with one attached hydrogen (secondary N) is 1. The summed E-state index contributed by atoms with van der Waals surface area (Å²) in [5.74, 6) is 0.697. The van der Waals surface area contributed by atoms with Crippen molar-refractivity contribution < 1.29 is 0 Å². The molecule has 2 nitrogen and oxygen atoms in total. The van der Waals surface area contributed by atoms with Gasteiger partial charge in [0.15, 0.2) is 0 Å². The summed E-state index contributed by atoms with van der Waals surface area (Å²) in [6.07, 6.45) is 1.28. The lowest BCUT2D eigenvalue weighted by atomic mass is 9.89. The van der Waals surface area contributed by atoms with E-state index >= 15 is 0 Å². The summed E-state index contributed by atoms with van der Waals surface area (Å²) in [4.78, 5) is 2.67. The van der Waals surface area contributed by atoms with Crippen molar-refractivity contribution in [3.05, 3.63) is 48.0 Å². The smallest absolute Gasteiger partial charge is 0.0397 e. The second kappa shape index (κ2) is 6.17. The van der Waals surface area contributed by atoms with Crippen LogP contribution in [0.1, 0.15) is 31.9 Å². The minimum atomic E-state index is 0.531. The maximum Gasteiger partial charge on any atom is 0.0397 e. The van der Waals surface area contributed by atoms with Crippen LogP contribution in [-0.4, -0.2) is 31.1 Å². The zero-order valence-electron chi connectivity index (χ0n) is 13.3. The number of benzene rings is 2. The van der Waals surface area contributed by atoms with Crippen LogP contribution in [0.4, 0.5) is 0 Å². The third-order valence-electron chi connectivity index (χ3n) is 4.83. The fourth-order valence-corrected chi connectivity index (χ4v) is 3.88. The average Bonchev–Trinajstić information content (AvgIpc) is 2.91. The Morgan fingerprint density at radius 3 is 2.67 bits per heavy atom. The molecule has 0 spiro atoms. The first-order valence-corrected chi connectivity index (χ1v) is 8.10. The highest BCUT2D eigenvalue weighted by Gasteiger charge is 2.36. The van der Waals surface area contributed by atoms with Gasteiger partial charge in [0, 0.05) is 12.1 Å². The molecule has 1 N–H and O–H groups in total. The van der Waals surface area contributed by atoms with Gasteiger partial charge < -0.3 is 5.32 Å². The third-order valence-corrected chi connectivity index (χ3v) is 4.83. The molecule has 1 saturated heterocycles. The minimum absolute atomic E-state index is 0.531. The lowest BCUT2D eigenvalue weighted by molar-refractivity contribution is 0.183. The highest BCUT2D eigenvalue weighted by molar-refractivity contribution is 5.86. The Morgan fingerprint density at radius 2 is 1.90 bits per heavy atom. The van der Waals surface area contributed by atoms with Crippen LogP contribution in [0.3, 0.4) is 0 Å². The van der Waals surface area contributed by atoms with Crippen molar-refractivity contribution in [1.82, 2.24) is 10.2 Å². The van der Waals surface area contributed by atoms with E-state index in [1.54, 1.807) is 0 Å². The SMILES string of the molecule is CNCC1CCN(C(C)C)C1c1cccc2ccccc12. The van der Waals surface area contributed by atoms with Crippen molar-refractivity contribution >= 4 is 10.8 Å². The minimum Gasteiger partial charge on any atom is -0.319 e. The van der Waals surface area contributed by atoms with E-state index in [1.165, 1.54) is 29.3 Å². The quantitative estimate of drug-likeness (QED) is 0.917. The Hall–Kier alpha value is -1.38. The molecular formula is C19H26N2. The fourth-order valence-electron chi connectivity index (χ4n) is 3.88. The molecule has 1 aliphatic heterocycles. The van der Waals surface area contributed by atoms with Crippen molar-refractivity contribution in [1.29, 1.82) is 0 Å². The highest BCUT2D eigenvalue weighted by atomic mass is 15.2. The molecule has 2 heteroatoms. The second-order valence-corrected chi connectivity index (χ2v) is 6.45. The Morgan fingerprint density at radius 1 is 1.14 bits per heavy atom. The molecule has 0 radical (unpaired) electrons. The van der Waals surface area contributed by atoms with Crippen LogP contribution in [0, 0.1) is 5.92 Å². The van der Waals surface area contributed by atoms with Crippen molar-refractivity contribution in [2.75, 3.05) is 20.1 Å². The Bertz CT molecular complexity index is 600. The van der Waals surface area contributed by atoms with Crippen LogP contribution >= 0.6 is 0 Å². The summed E-state index contributed by atoms with van der Waals surface area (Å²) in [6.45, 7) is 6.94. The molecule has 3 rings (SSSR count). The van der Waals surface area contributed by atoms with Gasteiger partial charge in [0.1, 0.15) is 0 Å². The van der Waals surface area contributed by atoms with Gasteiger partial charge in [-0.25, -0.2) is 0 Å². The monoisotopic (exact) mass is 282 g/mol. The third kappa shape index (κ3) is 2.70. The summed E-state index contributed by atoms with van der Waals surface area (Å²) < 4.78 is 0. The summed E-state index contributed by atoms with van der Waals surface area (Å²) in [7, 11) is 2.07. The molecule has 1 heterocycles. The average molecular weight is 282 g/mol. The fraction of sp³-hybridized carbons (Fsp3) is 0.474. The zero-order chi connectivity index (χ0) is 14.8. The van der Waals surface area contributed by atoms with Crippen LogP contribution in [0.25, 0.3) is 10.8 Å². The molecule has 112 valence electrons. The number of hydrogen-bond donors (Lipinski definition) is 1. The zero-order valence-corrected chi connectivity index (χ0v) is 13.3. The van der Waals surface area contributed by atoms with Crippen LogP contribution in [-0.2, 0) is 0 Å². The van der Waals surface area contributed by atoms with Gasteiger partial charge in [0.05, 0.1) is 0 Å². The predicted octanol–water partition coefficient (Wildman–Crippen LogP) is 3.83. The summed E-state index contributed by atoms with van der Waals surface area (Å²) in [5.41, 5.74) is 1.50. The predicted molar refractivity (Wildman–Crippen MR) is 90.6 cm³/mol. The van der Waals surface area contributed by atoms with E-state index in [2.05, 4.69) is 73.6 Å². The van der Waals surface area contributed by atoms with E-state index in [0.29, 0.717) is 18.0 Å². The van der Waals surface area contributed by atoms with Gasteiger partial charge in [0.25, 0.3) is 0 Å². The highest BCUT2D eigenvalue weighted by Crippen LogP contribution is 2.40. The molecule has 0 saturated carbocycles. The molecule has 1 aliphatic rings. The maximum atomic E-state index is 3.39. The number of fused-ring (bicyclic) bond motifs is 1. The normalized spacial score (nSPS) is 23.2. The van der Waals surface area contributed by atoms with Gasteiger partial charge in [-0.1, -0.05) is 42.5 Å². The van der Waals surface area contributed by atoms with Gasteiger partial charge >= 0.3 is 0 Å². The van der Waals surface area contributed by atoms with Crippen LogP contribution < -0.4 is 5.32 Å². The lowest BCUT2D eigenvalue weighted by Gasteiger charge is -2.32. The number of rotatable bonds is 4. The van der Waals surface area contributed by atoms with Gasteiger partial charge in [-0.3, -0.25) is 4.90 Å². The first-order chi connectivity index (χ1) is 10.2. The van der Waals surface area contributed by atoms with Crippen molar-refractivity contribution in [3.8, 4) is 0 Å².